The van der Waals surface area contributed by atoms with Gasteiger partial charge in [0.15, 0.2) is 11.5 Å². The van der Waals surface area contributed by atoms with Crippen molar-refractivity contribution in [2.45, 2.75) is 19.5 Å². The van der Waals surface area contributed by atoms with Crippen LogP contribution in [0.2, 0.25) is 0 Å². The Labute approximate surface area is 130 Å². The Morgan fingerprint density at radius 1 is 1.05 bits per heavy atom. The van der Waals surface area contributed by atoms with Gasteiger partial charge in [0.2, 0.25) is 5.75 Å². The highest BCUT2D eigenvalue weighted by Gasteiger charge is 2.18. The highest BCUT2D eigenvalue weighted by Crippen LogP contribution is 2.37. The minimum absolute atomic E-state index is 0.0535. The lowest BCUT2D eigenvalue weighted by Crippen LogP contribution is -2.29. The molecule has 1 aliphatic rings. The highest BCUT2D eigenvalue weighted by molar-refractivity contribution is 5.52. The van der Waals surface area contributed by atoms with E-state index in [2.05, 4.69) is 29.2 Å². The van der Waals surface area contributed by atoms with Crippen LogP contribution in [0, 0.1) is 0 Å². The van der Waals surface area contributed by atoms with Gasteiger partial charge in [-0.25, -0.2) is 0 Å². The van der Waals surface area contributed by atoms with Crippen LogP contribution in [0.3, 0.4) is 0 Å². The maximum absolute atomic E-state index is 9.99. The van der Waals surface area contributed by atoms with Crippen LogP contribution in [0.15, 0.2) is 36.4 Å². The summed E-state index contributed by atoms with van der Waals surface area (Å²) in [4.78, 5) is 2.40. The zero-order valence-electron chi connectivity index (χ0n) is 13.0. The van der Waals surface area contributed by atoms with Crippen molar-refractivity contribution in [2.24, 2.45) is 0 Å². The molecule has 2 aromatic rings. The minimum Gasteiger partial charge on any atom is -0.502 e. The number of hydrogen-bond donors (Lipinski definition) is 1. The fourth-order valence-electron chi connectivity index (χ4n) is 2.99. The van der Waals surface area contributed by atoms with E-state index in [1.54, 1.807) is 14.2 Å². The molecule has 2 aromatic carbocycles. The molecule has 0 atom stereocenters. The molecule has 1 aliphatic heterocycles. The molecule has 0 unspecified atom stereocenters. The first-order valence-corrected chi connectivity index (χ1v) is 7.44. The van der Waals surface area contributed by atoms with Crippen molar-refractivity contribution in [1.82, 2.24) is 4.90 Å². The molecule has 0 saturated heterocycles. The first kappa shape index (κ1) is 14.7. The molecule has 116 valence electrons. The number of aromatic hydroxyl groups is 1. The standard InChI is InChI=1S/C18H21NO3/c1-21-16-9-13(10-17(22-2)18(16)20)11-19-8-7-14-5-3-4-6-15(14)12-19/h3-6,9-10,20H,7-8,11-12H2,1-2H3. The maximum Gasteiger partial charge on any atom is 0.200 e. The SMILES string of the molecule is COc1cc(CN2CCc3ccccc3C2)cc(OC)c1O. The molecule has 0 aromatic heterocycles. The van der Waals surface area contributed by atoms with Crippen LogP contribution in [0.25, 0.3) is 0 Å². The van der Waals surface area contributed by atoms with E-state index >= 15 is 0 Å². The zero-order chi connectivity index (χ0) is 15.5. The highest BCUT2D eigenvalue weighted by atomic mass is 16.5. The number of rotatable bonds is 4. The lowest BCUT2D eigenvalue weighted by atomic mass is 9.99. The third-order valence-electron chi connectivity index (χ3n) is 4.16. The van der Waals surface area contributed by atoms with Crippen molar-refractivity contribution < 1.29 is 14.6 Å². The molecule has 0 fully saturated rings. The lowest BCUT2D eigenvalue weighted by Gasteiger charge is -2.29. The van der Waals surface area contributed by atoms with Gasteiger partial charge in [-0.3, -0.25) is 4.90 Å². The van der Waals surface area contributed by atoms with Gasteiger partial charge in [0, 0.05) is 19.6 Å². The average molecular weight is 299 g/mol. The monoisotopic (exact) mass is 299 g/mol. The van der Waals surface area contributed by atoms with Crippen molar-refractivity contribution in [3.05, 3.63) is 53.1 Å². The molecule has 22 heavy (non-hydrogen) atoms. The Morgan fingerprint density at radius 3 is 2.32 bits per heavy atom. The van der Waals surface area contributed by atoms with Crippen LogP contribution in [-0.4, -0.2) is 30.8 Å². The van der Waals surface area contributed by atoms with Crippen LogP contribution in [-0.2, 0) is 19.5 Å². The van der Waals surface area contributed by atoms with E-state index in [1.165, 1.54) is 11.1 Å². The summed E-state index contributed by atoms with van der Waals surface area (Å²) in [6.07, 6.45) is 1.07. The molecule has 3 rings (SSSR count). The second-order valence-corrected chi connectivity index (χ2v) is 5.58. The Bertz CT molecular complexity index is 644. The summed E-state index contributed by atoms with van der Waals surface area (Å²) in [5.74, 6) is 0.955. The van der Waals surface area contributed by atoms with Gasteiger partial charge in [-0.15, -0.1) is 0 Å². The fourth-order valence-corrected chi connectivity index (χ4v) is 2.99. The van der Waals surface area contributed by atoms with Gasteiger partial charge in [0.1, 0.15) is 0 Å². The van der Waals surface area contributed by atoms with Crippen molar-refractivity contribution in [2.75, 3.05) is 20.8 Å². The van der Waals surface area contributed by atoms with Crippen molar-refractivity contribution in [1.29, 1.82) is 0 Å². The van der Waals surface area contributed by atoms with Crippen LogP contribution in [0.5, 0.6) is 17.2 Å². The summed E-state index contributed by atoms with van der Waals surface area (Å²) in [6, 6.07) is 12.3. The predicted molar refractivity (Wildman–Crippen MR) is 85.5 cm³/mol. The molecule has 0 amide bonds. The topological polar surface area (TPSA) is 41.9 Å². The molecule has 4 nitrogen and oxygen atoms in total. The summed E-state index contributed by atoms with van der Waals surface area (Å²) in [5.41, 5.74) is 3.91. The third-order valence-corrected chi connectivity index (χ3v) is 4.16. The number of phenols is 1. The van der Waals surface area contributed by atoms with E-state index in [0.29, 0.717) is 11.5 Å². The molecule has 0 bridgehead atoms. The molecule has 4 heteroatoms. The average Bonchev–Trinajstić information content (AvgIpc) is 2.56. The normalized spacial score (nSPS) is 14.5. The molecule has 0 spiro atoms. The number of nitrogens with zero attached hydrogens (tertiary/aromatic N) is 1. The second-order valence-electron chi connectivity index (χ2n) is 5.58. The van der Waals surface area contributed by atoms with Gasteiger partial charge in [-0.05, 0) is 35.2 Å². The molecular formula is C18H21NO3. The van der Waals surface area contributed by atoms with Gasteiger partial charge < -0.3 is 14.6 Å². The molecule has 0 radical (unpaired) electrons. The van der Waals surface area contributed by atoms with Gasteiger partial charge in [-0.2, -0.15) is 0 Å². The van der Waals surface area contributed by atoms with Gasteiger partial charge >= 0.3 is 0 Å². The number of benzene rings is 2. The fraction of sp³-hybridized carbons (Fsp3) is 0.333. The Kier molecular flexibility index (Phi) is 4.20. The maximum atomic E-state index is 9.99. The smallest absolute Gasteiger partial charge is 0.200 e. The first-order valence-electron chi connectivity index (χ1n) is 7.44. The second kappa shape index (κ2) is 6.28. The van der Waals surface area contributed by atoms with E-state index in [9.17, 15) is 5.11 Å². The third kappa shape index (κ3) is 2.88. The first-order chi connectivity index (χ1) is 10.7. The summed E-state index contributed by atoms with van der Waals surface area (Å²) >= 11 is 0. The van der Waals surface area contributed by atoms with E-state index in [4.69, 9.17) is 9.47 Å². The molecule has 0 saturated carbocycles. The van der Waals surface area contributed by atoms with E-state index in [-0.39, 0.29) is 5.75 Å². The Hall–Kier alpha value is -2.20. The minimum atomic E-state index is 0.0535. The Balaban J connectivity index is 1.79. The van der Waals surface area contributed by atoms with Crippen LogP contribution >= 0.6 is 0 Å². The predicted octanol–water partition coefficient (Wildman–Crippen LogP) is 2.97. The molecule has 0 aliphatic carbocycles. The van der Waals surface area contributed by atoms with Gasteiger partial charge in [-0.1, -0.05) is 24.3 Å². The van der Waals surface area contributed by atoms with Crippen LogP contribution in [0.1, 0.15) is 16.7 Å². The van der Waals surface area contributed by atoms with Crippen molar-refractivity contribution >= 4 is 0 Å². The molecule has 1 N–H and O–H groups in total. The van der Waals surface area contributed by atoms with Crippen molar-refractivity contribution in [3.63, 3.8) is 0 Å². The zero-order valence-corrected chi connectivity index (χ0v) is 13.0. The van der Waals surface area contributed by atoms with Gasteiger partial charge in [0.25, 0.3) is 0 Å². The number of fused-ring (bicyclic) bond motifs is 1. The number of phenolic OH excluding ortho intramolecular Hbond substituents is 1. The quantitative estimate of drug-likeness (QED) is 0.942. The number of hydrogen-bond acceptors (Lipinski definition) is 4. The molecular weight excluding hydrogens is 278 g/mol. The summed E-state index contributed by atoms with van der Waals surface area (Å²) in [5, 5.41) is 9.99. The summed E-state index contributed by atoms with van der Waals surface area (Å²) < 4.78 is 10.5. The van der Waals surface area contributed by atoms with E-state index < -0.39 is 0 Å². The number of ether oxygens (including phenoxy) is 2. The largest absolute Gasteiger partial charge is 0.502 e. The van der Waals surface area contributed by atoms with Crippen molar-refractivity contribution in [3.8, 4) is 17.2 Å². The lowest BCUT2D eigenvalue weighted by molar-refractivity contribution is 0.244. The summed E-state index contributed by atoms with van der Waals surface area (Å²) in [7, 11) is 3.10. The number of methoxy groups -OCH3 is 2. The Morgan fingerprint density at radius 2 is 1.68 bits per heavy atom. The summed E-state index contributed by atoms with van der Waals surface area (Å²) in [6.45, 7) is 2.78. The van der Waals surface area contributed by atoms with Crippen LogP contribution < -0.4 is 9.47 Å². The van der Waals surface area contributed by atoms with Gasteiger partial charge in [0.05, 0.1) is 14.2 Å². The van der Waals surface area contributed by atoms with Crippen LogP contribution in [0.4, 0.5) is 0 Å². The van der Waals surface area contributed by atoms with E-state index in [1.807, 2.05) is 12.1 Å². The molecule has 1 heterocycles. The van der Waals surface area contributed by atoms with E-state index in [0.717, 1.165) is 31.6 Å².